The summed E-state index contributed by atoms with van der Waals surface area (Å²) in [4.78, 5) is 0. The molecule has 0 bridgehead atoms. The highest BCUT2D eigenvalue weighted by atomic mass is 19.1. The number of nitrogens with two attached hydrogens (primary N) is 1. The Hall–Kier alpha value is -1.13. The van der Waals surface area contributed by atoms with E-state index in [9.17, 15) is 4.39 Å². The van der Waals surface area contributed by atoms with E-state index in [0.29, 0.717) is 18.8 Å². The van der Waals surface area contributed by atoms with Gasteiger partial charge in [-0.25, -0.2) is 4.39 Å². The summed E-state index contributed by atoms with van der Waals surface area (Å²) in [6, 6.07) is 5.05. The van der Waals surface area contributed by atoms with Crippen LogP contribution in [0.1, 0.15) is 38.2 Å². The minimum absolute atomic E-state index is 0.0325. The molecule has 0 saturated carbocycles. The van der Waals surface area contributed by atoms with E-state index >= 15 is 0 Å². The third kappa shape index (κ3) is 4.18. The van der Waals surface area contributed by atoms with Crippen LogP contribution in [0.3, 0.4) is 0 Å². The number of rotatable bonds is 6. The fourth-order valence-corrected chi connectivity index (χ4v) is 2.42. The van der Waals surface area contributed by atoms with Crippen LogP contribution in [0, 0.1) is 5.82 Å². The zero-order valence-corrected chi connectivity index (χ0v) is 12.1. The van der Waals surface area contributed by atoms with Crippen LogP contribution in [0.5, 0.6) is 5.75 Å². The number of benzene rings is 1. The van der Waals surface area contributed by atoms with Crippen LogP contribution in [-0.2, 0) is 11.2 Å². The quantitative estimate of drug-likeness (QED) is 0.871. The van der Waals surface area contributed by atoms with E-state index in [-0.39, 0.29) is 18.0 Å². The molecular weight excluding hydrogens is 257 g/mol. The Morgan fingerprint density at radius 2 is 2.30 bits per heavy atom. The number of halogens is 1. The van der Waals surface area contributed by atoms with Crippen LogP contribution in [0.2, 0.25) is 0 Å². The maximum Gasteiger partial charge on any atom is 0.165 e. The van der Waals surface area contributed by atoms with E-state index in [4.69, 9.17) is 15.2 Å². The van der Waals surface area contributed by atoms with Crippen molar-refractivity contribution in [3.8, 4) is 5.75 Å². The topological polar surface area (TPSA) is 44.5 Å². The van der Waals surface area contributed by atoms with Gasteiger partial charge in [-0.1, -0.05) is 19.1 Å². The molecule has 1 aliphatic rings. The van der Waals surface area contributed by atoms with Crippen LogP contribution in [0.25, 0.3) is 0 Å². The molecule has 0 aliphatic carbocycles. The molecule has 2 atom stereocenters. The van der Waals surface area contributed by atoms with Gasteiger partial charge in [-0.2, -0.15) is 0 Å². The minimum atomic E-state index is -0.318. The third-order valence-electron chi connectivity index (χ3n) is 3.74. The second-order valence-corrected chi connectivity index (χ2v) is 5.40. The molecule has 4 heteroatoms. The lowest BCUT2D eigenvalue weighted by atomic mass is 10.0. The van der Waals surface area contributed by atoms with Gasteiger partial charge < -0.3 is 15.2 Å². The highest BCUT2D eigenvalue weighted by molar-refractivity contribution is 5.35. The fraction of sp³-hybridized carbons (Fsp3) is 0.625. The summed E-state index contributed by atoms with van der Waals surface area (Å²) in [5.41, 5.74) is 6.80. The average Bonchev–Trinajstić information content (AvgIpc) is 2.47. The average molecular weight is 281 g/mol. The van der Waals surface area contributed by atoms with Crippen LogP contribution in [0.4, 0.5) is 4.39 Å². The monoisotopic (exact) mass is 281 g/mol. The first-order valence-corrected chi connectivity index (χ1v) is 7.48. The van der Waals surface area contributed by atoms with Crippen molar-refractivity contribution in [2.24, 2.45) is 5.73 Å². The molecule has 1 aromatic carbocycles. The number of hydrogen-bond donors (Lipinski definition) is 1. The molecule has 2 N–H and O–H groups in total. The highest BCUT2D eigenvalue weighted by Gasteiger charge is 2.17. The molecule has 0 radical (unpaired) electrons. The van der Waals surface area contributed by atoms with Crippen LogP contribution >= 0.6 is 0 Å². The maximum absolute atomic E-state index is 14.0. The molecule has 1 aromatic rings. The molecule has 0 amide bonds. The van der Waals surface area contributed by atoms with Gasteiger partial charge in [0.25, 0.3) is 0 Å². The first-order chi connectivity index (χ1) is 9.70. The van der Waals surface area contributed by atoms with Crippen LogP contribution in [-0.4, -0.2) is 25.4 Å². The van der Waals surface area contributed by atoms with E-state index in [1.165, 1.54) is 6.07 Å². The number of para-hydroxylation sites is 1. The van der Waals surface area contributed by atoms with E-state index in [0.717, 1.165) is 37.9 Å². The highest BCUT2D eigenvalue weighted by Crippen LogP contribution is 2.25. The number of hydrogen-bond acceptors (Lipinski definition) is 3. The molecule has 112 valence electrons. The third-order valence-corrected chi connectivity index (χ3v) is 3.74. The molecule has 2 rings (SSSR count). The first kappa shape index (κ1) is 15.3. The molecular formula is C16H24FNO2. The molecule has 1 aliphatic heterocycles. The lowest BCUT2D eigenvalue weighted by Crippen LogP contribution is -2.27. The largest absolute Gasteiger partial charge is 0.488 e. The van der Waals surface area contributed by atoms with Crippen LogP contribution < -0.4 is 10.5 Å². The van der Waals surface area contributed by atoms with Gasteiger partial charge >= 0.3 is 0 Å². The van der Waals surface area contributed by atoms with Crippen molar-refractivity contribution in [2.75, 3.05) is 13.2 Å². The second-order valence-electron chi connectivity index (χ2n) is 5.40. The van der Waals surface area contributed by atoms with Gasteiger partial charge in [0.1, 0.15) is 6.61 Å². The van der Waals surface area contributed by atoms with Crippen molar-refractivity contribution in [1.29, 1.82) is 0 Å². The van der Waals surface area contributed by atoms with Crippen molar-refractivity contribution in [3.63, 3.8) is 0 Å². The van der Waals surface area contributed by atoms with E-state index in [1.807, 2.05) is 13.0 Å². The Kier molecular flexibility index (Phi) is 5.80. The van der Waals surface area contributed by atoms with Crippen molar-refractivity contribution in [3.05, 3.63) is 29.6 Å². The van der Waals surface area contributed by atoms with Gasteiger partial charge in [-0.05, 0) is 43.7 Å². The van der Waals surface area contributed by atoms with Gasteiger partial charge in [0.2, 0.25) is 0 Å². The summed E-state index contributed by atoms with van der Waals surface area (Å²) < 4.78 is 25.3. The minimum Gasteiger partial charge on any atom is -0.488 e. The predicted octanol–water partition coefficient (Wildman–Crippen LogP) is 3.05. The normalized spacial score (nSPS) is 20.6. The Morgan fingerprint density at radius 3 is 3.00 bits per heavy atom. The SMILES string of the molecule is CCC(N)Cc1cccc(F)c1OCC1CCCCO1. The van der Waals surface area contributed by atoms with Gasteiger partial charge in [0, 0.05) is 12.6 Å². The molecule has 2 unspecified atom stereocenters. The summed E-state index contributed by atoms with van der Waals surface area (Å²) in [6.07, 6.45) is 4.82. The molecule has 20 heavy (non-hydrogen) atoms. The summed E-state index contributed by atoms with van der Waals surface area (Å²) in [7, 11) is 0. The van der Waals surface area contributed by atoms with Crippen molar-refractivity contribution in [2.45, 2.75) is 51.2 Å². The molecule has 3 nitrogen and oxygen atoms in total. The van der Waals surface area contributed by atoms with Gasteiger partial charge in [0.05, 0.1) is 6.10 Å². The standard InChI is InChI=1S/C16H24FNO2/c1-2-13(18)10-12-6-5-8-15(17)16(12)20-11-14-7-3-4-9-19-14/h5-6,8,13-14H,2-4,7,9-11,18H2,1H3. The summed E-state index contributed by atoms with van der Waals surface area (Å²) in [5, 5.41) is 0. The Morgan fingerprint density at radius 1 is 1.45 bits per heavy atom. The Labute approximate surface area is 120 Å². The maximum atomic E-state index is 14.0. The zero-order valence-electron chi connectivity index (χ0n) is 12.1. The van der Waals surface area contributed by atoms with Gasteiger partial charge in [0.15, 0.2) is 11.6 Å². The Balaban J connectivity index is 2.01. The Bertz CT molecular complexity index is 419. The van der Waals surface area contributed by atoms with E-state index < -0.39 is 0 Å². The smallest absolute Gasteiger partial charge is 0.165 e. The van der Waals surface area contributed by atoms with Gasteiger partial charge in [-0.3, -0.25) is 0 Å². The molecule has 0 aromatic heterocycles. The fourth-order valence-electron chi connectivity index (χ4n) is 2.42. The first-order valence-electron chi connectivity index (χ1n) is 7.48. The van der Waals surface area contributed by atoms with Crippen molar-refractivity contribution in [1.82, 2.24) is 0 Å². The lowest BCUT2D eigenvalue weighted by Gasteiger charge is -2.23. The molecule has 1 saturated heterocycles. The zero-order chi connectivity index (χ0) is 14.4. The van der Waals surface area contributed by atoms with E-state index in [1.54, 1.807) is 6.07 Å². The molecule has 1 heterocycles. The lowest BCUT2D eigenvalue weighted by molar-refractivity contribution is -0.0119. The van der Waals surface area contributed by atoms with Crippen molar-refractivity contribution < 1.29 is 13.9 Å². The van der Waals surface area contributed by atoms with Crippen LogP contribution in [0.15, 0.2) is 18.2 Å². The second kappa shape index (κ2) is 7.60. The van der Waals surface area contributed by atoms with Gasteiger partial charge in [-0.15, -0.1) is 0 Å². The van der Waals surface area contributed by atoms with Crippen molar-refractivity contribution >= 4 is 0 Å². The molecule has 0 spiro atoms. The summed E-state index contributed by atoms with van der Waals surface area (Å²) in [5.74, 6) is 0.0205. The molecule has 1 fully saturated rings. The van der Waals surface area contributed by atoms with E-state index in [2.05, 4.69) is 0 Å². The predicted molar refractivity (Wildman–Crippen MR) is 77.5 cm³/mol. The summed E-state index contributed by atoms with van der Waals surface area (Å²) >= 11 is 0. The summed E-state index contributed by atoms with van der Waals surface area (Å²) in [6.45, 7) is 3.22. The number of ether oxygens (including phenoxy) is 2.